The van der Waals surface area contributed by atoms with Crippen LogP contribution in [0.2, 0.25) is 0 Å². The van der Waals surface area contributed by atoms with E-state index in [-0.39, 0.29) is 0 Å². The van der Waals surface area contributed by atoms with Crippen molar-refractivity contribution >= 4 is 45.4 Å². The van der Waals surface area contributed by atoms with Crippen molar-refractivity contribution in [1.29, 1.82) is 0 Å². The van der Waals surface area contributed by atoms with E-state index < -0.39 is 4.89 Å². The van der Waals surface area contributed by atoms with Gasteiger partial charge < -0.3 is 9.47 Å². The summed E-state index contributed by atoms with van der Waals surface area (Å²) in [5, 5.41) is 4.13. The molecule has 0 aliphatic heterocycles. The normalized spacial score (nSPS) is 11.3. The maximum atomic E-state index is 5.87. The zero-order valence-electron chi connectivity index (χ0n) is 12.8. The third kappa shape index (κ3) is 5.84. The molecule has 0 amide bonds. The molecule has 4 nitrogen and oxygen atoms in total. The van der Waals surface area contributed by atoms with Gasteiger partial charge in [-0.1, -0.05) is 6.58 Å². The summed E-state index contributed by atoms with van der Waals surface area (Å²) < 4.78 is 12.3. The van der Waals surface area contributed by atoms with Crippen LogP contribution in [0.5, 0.6) is 17.2 Å². The maximum absolute atomic E-state index is 5.87. The zero-order chi connectivity index (χ0) is 17.6. The van der Waals surface area contributed by atoms with Gasteiger partial charge in [0.2, 0.25) is 4.89 Å². The van der Waals surface area contributed by atoms with E-state index in [0.717, 1.165) is 5.56 Å². The molecule has 0 heterocycles. The third-order valence-electron chi connectivity index (χ3n) is 2.87. The molecule has 0 fully saturated rings. The molecule has 126 valence electrons. The largest absolute Gasteiger partial charge is 0.466 e. The quantitative estimate of drug-likeness (QED) is 0.248. The molecule has 0 aliphatic rings. The number of nitrogens with zero attached hydrogens (tertiary/aromatic N) is 2. The van der Waals surface area contributed by atoms with Crippen molar-refractivity contribution in [1.82, 2.24) is 4.78 Å². The lowest BCUT2D eigenvalue weighted by molar-refractivity contribution is 0.469. The summed E-state index contributed by atoms with van der Waals surface area (Å²) in [4.78, 5) is -2.59. The molecule has 0 radical (unpaired) electrons. The Hall–Kier alpha value is -1.52. The van der Waals surface area contributed by atoms with Crippen molar-refractivity contribution < 1.29 is 9.47 Å². The molecule has 2 rings (SSSR count). The molecule has 0 aliphatic carbocycles. The van der Waals surface area contributed by atoms with Gasteiger partial charge in [-0.15, -0.1) is 0 Å². The summed E-state index contributed by atoms with van der Waals surface area (Å²) in [6.45, 7) is 3.51. The van der Waals surface area contributed by atoms with E-state index in [1.165, 1.54) is 11.0 Å². The minimum absolute atomic E-state index is 0.701. The van der Waals surface area contributed by atoms with Gasteiger partial charge in [-0.05, 0) is 88.4 Å². The van der Waals surface area contributed by atoms with Crippen LogP contribution >= 0.6 is 27.4 Å². The van der Waals surface area contributed by atoms with E-state index in [4.69, 9.17) is 43.8 Å². The van der Waals surface area contributed by atoms with Gasteiger partial charge in [0.1, 0.15) is 17.2 Å². The second-order valence-corrected chi connectivity index (χ2v) is 12.3. The number of ether oxygens (including phenoxy) is 2. The van der Waals surface area contributed by atoms with Gasteiger partial charge in [-0.2, -0.15) is 5.10 Å². The average molecular weight is 401 g/mol. The van der Waals surface area contributed by atoms with E-state index >= 15 is 0 Å². The summed E-state index contributed by atoms with van der Waals surface area (Å²) in [6, 6.07) is 14.7. The van der Waals surface area contributed by atoms with Gasteiger partial charge in [0.05, 0.1) is 12.5 Å². The molecule has 2 aromatic carbocycles. The van der Waals surface area contributed by atoms with Gasteiger partial charge in [-0.3, -0.25) is 0 Å². The van der Waals surface area contributed by atoms with E-state index in [1.807, 2.05) is 36.4 Å². The van der Waals surface area contributed by atoms with Gasteiger partial charge in [-0.25, -0.2) is 4.78 Å². The number of hydrazone groups is 1. The fourth-order valence-corrected chi connectivity index (χ4v) is 2.18. The lowest BCUT2D eigenvalue weighted by Gasteiger charge is -2.15. The fraction of sp³-hybridized carbons (Fsp3) is 0.0625. The van der Waals surface area contributed by atoms with Crippen LogP contribution in [-0.4, -0.2) is 18.0 Å². The predicted octanol–water partition coefficient (Wildman–Crippen LogP) is 5.97. The SMILES string of the molecule is C=COc1ccc(Oc2ccc(C=NN(C)P(=S)(Cl)Cl)cc2)cc1. The Kier molecular flexibility index (Phi) is 6.69. The van der Waals surface area contributed by atoms with Crippen LogP contribution in [0, 0.1) is 0 Å². The van der Waals surface area contributed by atoms with Gasteiger partial charge in [0, 0.05) is 7.05 Å². The summed E-state index contributed by atoms with van der Waals surface area (Å²) in [5.74, 6) is 2.11. The molecule has 0 N–H and O–H groups in total. The van der Waals surface area contributed by atoms with E-state index in [0.29, 0.717) is 17.2 Å². The zero-order valence-corrected chi connectivity index (χ0v) is 16.0. The lowest BCUT2D eigenvalue weighted by atomic mass is 10.2. The molecule has 0 saturated heterocycles. The molecule has 0 saturated carbocycles. The highest BCUT2D eigenvalue weighted by Crippen LogP contribution is 2.59. The first-order chi connectivity index (χ1) is 11.4. The highest BCUT2D eigenvalue weighted by Gasteiger charge is 2.12. The van der Waals surface area contributed by atoms with Gasteiger partial charge in [0.25, 0.3) is 0 Å². The van der Waals surface area contributed by atoms with Crippen molar-refractivity contribution in [2.45, 2.75) is 0 Å². The molecular formula is C16H15Cl2N2O2PS. The van der Waals surface area contributed by atoms with Crippen molar-refractivity contribution in [2.24, 2.45) is 5.10 Å². The number of hydrogen-bond donors (Lipinski definition) is 0. The number of benzene rings is 2. The highest BCUT2D eigenvalue weighted by atomic mass is 35.9. The fourth-order valence-electron chi connectivity index (χ4n) is 1.65. The molecule has 0 aromatic heterocycles. The Balaban J connectivity index is 2.00. The summed E-state index contributed by atoms with van der Waals surface area (Å²) in [5.41, 5.74) is 0.876. The smallest absolute Gasteiger partial charge is 0.222 e. The van der Waals surface area contributed by atoms with Gasteiger partial charge >= 0.3 is 0 Å². The monoisotopic (exact) mass is 400 g/mol. The number of hydrogen-bond acceptors (Lipinski definition) is 4. The van der Waals surface area contributed by atoms with Crippen LogP contribution in [0.1, 0.15) is 5.56 Å². The van der Waals surface area contributed by atoms with Crippen molar-refractivity contribution in [3.05, 3.63) is 66.9 Å². The standard InChI is InChI=1S/C16H15Cl2N2O2PS/c1-3-21-14-8-10-16(11-9-14)22-15-6-4-13(5-7-15)12-19-20(2)23(17,18)24/h3-12H,1H2,2H3. The third-order valence-corrected chi connectivity index (χ3v) is 5.67. The van der Waals surface area contributed by atoms with E-state index in [9.17, 15) is 0 Å². The summed E-state index contributed by atoms with van der Waals surface area (Å²) >= 11 is 16.7. The molecule has 0 unspecified atom stereocenters. The van der Waals surface area contributed by atoms with Gasteiger partial charge in [0.15, 0.2) is 0 Å². The topological polar surface area (TPSA) is 34.1 Å². The molecule has 24 heavy (non-hydrogen) atoms. The Bertz CT molecular complexity index is 761. The van der Waals surface area contributed by atoms with Crippen LogP contribution in [0.25, 0.3) is 0 Å². The maximum Gasteiger partial charge on any atom is 0.222 e. The van der Waals surface area contributed by atoms with E-state index in [2.05, 4.69) is 11.7 Å². The second-order valence-electron chi connectivity index (χ2n) is 4.60. The number of rotatable bonds is 7. The molecule has 0 atom stereocenters. The number of halogens is 2. The first kappa shape index (κ1) is 18.8. The van der Waals surface area contributed by atoms with Crippen molar-refractivity contribution in [3.8, 4) is 17.2 Å². The van der Waals surface area contributed by atoms with Crippen LogP contribution < -0.4 is 9.47 Å². The van der Waals surface area contributed by atoms with Crippen LogP contribution in [0.4, 0.5) is 0 Å². The van der Waals surface area contributed by atoms with Crippen LogP contribution in [0.3, 0.4) is 0 Å². The van der Waals surface area contributed by atoms with Crippen molar-refractivity contribution in [2.75, 3.05) is 7.05 Å². The van der Waals surface area contributed by atoms with Crippen molar-refractivity contribution in [3.63, 3.8) is 0 Å². The first-order valence-electron chi connectivity index (χ1n) is 6.81. The Morgan fingerprint density at radius 2 is 1.54 bits per heavy atom. The van der Waals surface area contributed by atoms with E-state index in [1.54, 1.807) is 25.4 Å². The average Bonchev–Trinajstić information content (AvgIpc) is 2.55. The first-order valence-corrected chi connectivity index (χ1v) is 11.4. The molecule has 0 bridgehead atoms. The highest BCUT2D eigenvalue weighted by molar-refractivity contribution is 8.37. The summed E-state index contributed by atoms with van der Waals surface area (Å²) in [7, 11) is 1.65. The minimum atomic E-state index is -2.59. The summed E-state index contributed by atoms with van der Waals surface area (Å²) in [6.07, 6.45) is 3.01. The Morgan fingerprint density at radius 1 is 1.04 bits per heavy atom. The Morgan fingerprint density at radius 3 is 2.04 bits per heavy atom. The Labute approximate surface area is 155 Å². The molecule has 2 aromatic rings. The molecular weight excluding hydrogens is 386 g/mol. The minimum Gasteiger partial charge on any atom is -0.466 e. The lowest BCUT2D eigenvalue weighted by Crippen LogP contribution is -2.00. The predicted molar refractivity (Wildman–Crippen MR) is 105 cm³/mol. The second kappa shape index (κ2) is 8.54. The molecule has 8 heteroatoms. The molecule has 0 spiro atoms. The van der Waals surface area contributed by atoms with Crippen LogP contribution in [-0.2, 0) is 11.8 Å². The van der Waals surface area contributed by atoms with Crippen LogP contribution in [0.15, 0.2) is 66.5 Å².